The quantitative estimate of drug-likeness (QED) is 0.313. The van der Waals surface area contributed by atoms with Crippen molar-refractivity contribution in [2.24, 2.45) is 11.7 Å². The Morgan fingerprint density at radius 2 is 1.92 bits per heavy atom. The van der Waals surface area contributed by atoms with E-state index in [4.69, 9.17) is 15.9 Å². The van der Waals surface area contributed by atoms with Crippen molar-refractivity contribution in [3.63, 3.8) is 0 Å². The van der Waals surface area contributed by atoms with E-state index in [1.54, 1.807) is 6.92 Å². The standard InChI is InChI=1S/C16H28N4O6/c1-3-9(2)13(15(24)18-10(8-21)16(25)26)19-14(23)11-5-4-6-20(11)12(22)7-17/h9-11,13,21H,3-8,17H2,1-2H3,(H,18,24)(H,19,23)(H,25,26). The van der Waals surface area contributed by atoms with Crippen molar-refractivity contribution >= 4 is 23.7 Å². The van der Waals surface area contributed by atoms with Crippen LogP contribution < -0.4 is 16.4 Å². The molecule has 0 aromatic heterocycles. The highest BCUT2D eigenvalue weighted by Gasteiger charge is 2.37. The molecule has 0 radical (unpaired) electrons. The van der Waals surface area contributed by atoms with Gasteiger partial charge in [-0.05, 0) is 18.8 Å². The Bertz CT molecular complexity index is 541. The maximum absolute atomic E-state index is 12.6. The summed E-state index contributed by atoms with van der Waals surface area (Å²) in [7, 11) is 0. The first-order chi connectivity index (χ1) is 12.3. The van der Waals surface area contributed by atoms with Crippen LogP contribution in [0.1, 0.15) is 33.1 Å². The lowest BCUT2D eigenvalue weighted by atomic mass is 9.97. The van der Waals surface area contributed by atoms with E-state index in [0.717, 1.165) is 0 Å². The fourth-order valence-corrected chi connectivity index (χ4v) is 2.85. The van der Waals surface area contributed by atoms with Crippen molar-refractivity contribution in [1.29, 1.82) is 0 Å². The third-order valence-corrected chi connectivity index (χ3v) is 4.64. The number of aliphatic hydroxyl groups excluding tert-OH is 1. The zero-order valence-corrected chi connectivity index (χ0v) is 15.1. The van der Waals surface area contributed by atoms with Crippen LogP contribution >= 0.6 is 0 Å². The van der Waals surface area contributed by atoms with E-state index in [1.165, 1.54) is 4.90 Å². The Morgan fingerprint density at radius 3 is 2.42 bits per heavy atom. The molecule has 6 N–H and O–H groups in total. The lowest BCUT2D eigenvalue weighted by molar-refractivity contribution is -0.144. The van der Waals surface area contributed by atoms with Crippen molar-refractivity contribution in [1.82, 2.24) is 15.5 Å². The smallest absolute Gasteiger partial charge is 0.328 e. The van der Waals surface area contributed by atoms with E-state index in [0.29, 0.717) is 25.8 Å². The zero-order chi connectivity index (χ0) is 19.9. The predicted molar refractivity (Wildman–Crippen MR) is 91.8 cm³/mol. The molecule has 10 nitrogen and oxygen atoms in total. The number of carbonyl (C=O) groups is 4. The number of aliphatic carboxylic acids is 1. The summed E-state index contributed by atoms with van der Waals surface area (Å²) < 4.78 is 0. The molecule has 3 amide bonds. The van der Waals surface area contributed by atoms with Crippen LogP contribution in [0.4, 0.5) is 0 Å². The topological polar surface area (TPSA) is 162 Å². The summed E-state index contributed by atoms with van der Waals surface area (Å²) in [5.74, 6) is -3.14. The van der Waals surface area contributed by atoms with Gasteiger partial charge in [0.25, 0.3) is 0 Å². The minimum atomic E-state index is -1.45. The van der Waals surface area contributed by atoms with Gasteiger partial charge in [-0.1, -0.05) is 20.3 Å². The fraction of sp³-hybridized carbons (Fsp3) is 0.750. The lowest BCUT2D eigenvalue weighted by Crippen LogP contribution is -2.58. The Labute approximate surface area is 152 Å². The lowest BCUT2D eigenvalue weighted by Gasteiger charge is -2.29. The van der Waals surface area contributed by atoms with E-state index < -0.39 is 42.5 Å². The first-order valence-corrected chi connectivity index (χ1v) is 8.70. The number of nitrogens with one attached hydrogen (secondary N) is 2. The molecule has 0 bridgehead atoms. The summed E-state index contributed by atoms with van der Waals surface area (Å²) in [6, 6.07) is -3.12. The van der Waals surface area contributed by atoms with Crippen LogP contribution in [0.5, 0.6) is 0 Å². The summed E-state index contributed by atoms with van der Waals surface area (Å²) in [5, 5.41) is 22.9. The molecule has 1 aliphatic rings. The van der Waals surface area contributed by atoms with Crippen LogP contribution in [0.2, 0.25) is 0 Å². The van der Waals surface area contributed by atoms with Crippen LogP contribution in [0.3, 0.4) is 0 Å². The number of carboxylic acids is 1. The second kappa shape index (κ2) is 10.1. The molecule has 1 aliphatic heterocycles. The highest BCUT2D eigenvalue weighted by molar-refractivity contribution is 5.94. The molecule has 4 atom stereocenters. The molecule has 4 unspecified atom stereocenters. The van der Waals surface area contributed by atoms with Crippen molar-refractivity contribution in [2.75, 3.05) is 19.7 Å². The molecular weight excluding hydrogens is 344 g/mol. The Morgan fingerprint density at radius 1 is 1.27 bits per heavy atom. The first kappa shape index (κ1) is 21.8. The van der Waals surface area contributed by atoms with Gasteiger partial charge in [0.05, 0.1) is 13.2 Å². The molecular formula is C16H28N4O6. The molecule has 1 rings (SSSR count). The number of hydrogen-bond donors (Lipinski definition) is 5. The van der Waals surface area contributed by atoms with Crippen LogP contribution in [0, 0.1) is 5.92 Å². The summed E-state index contributed by atoms with van der Waals surface area (Å²) >= 11 is 0. The van der Waals surface area contributed by atoms with Crippen LogP contribution in [-0.4, -0.2) is 76.6 Å². The van der Waals surface area contributed by atoms with Gasteiger partial charge in [0, 0.05) is 6.54 Å². The molecule has 0 spiro atoms. The highest BCUT2D eigenvalue weighted by atomic mass is 16.4. The Hall–Kier alpha value is -2.20. The van der Waals surface area contributed by atoms with Gasteiger partial charge in [-0.25, -0.2) is 4.79 Å². The number of nitrogens with zero attached hydrogens (tertiary/aromatic N) is 1. The Kier molecular flexibility index (Phi) is 8.46. The highest BCUT2D eigenvalue weighted by Crippen LogP contribution is 2.18. The molecule has 0 aromatic rings. The van der Waals surface area contributed by atoms with E-state index in [1.807, 2.05) is 6.92 Å². The second-order valence-electron chi connectivity index (χ2n) is 6.40. The normalized spacial score (nSPS) is 20.2. The number of hydrogen-bond acceptors (Lipinski definition) is 6. The number of carbonyl (C=O) groups excluding carboxylic acids is 3. The maximum Gasteiger partial charge on any atom is 0.328 e. The van der Waals surface area contributed by atoms with E-state index >= 15 is 0 Å². The van der Waals surface area contributed by atoms with Crippen molar-refractivity contribution < 1.29 is 29.4 Å². The molecule has 0 saturated carbocycles. The van der Waals surface area contributed by atoms with E-state index in [9.17, 15) is 19.2 Å². The van der Waals surface area contributed by atoms with Crippen molar-refractivity contribution in [3.05, 3.63) is 0 Å². The third kappa shape index (κ3) is 5.40. The van der Waals surface area contributed by atoms with Crippen LogP contribution in [0.25, 0.3) is 0 Å². The van der Waals surface area contributed by atoms with E-state index in [-0.39, 0.29) is 18.4 Å². The summed E-state index contributed by atoms with van der Waals surface area (Å²) in [6.07, 6.45) is 1.70. The molecule has 1 saturated heterocycles. The number of amides is 3. The monoisotopic (exact) mass is 372 g/mol. The van der Waals surface area contributed by atoms with Crippen molar-refractivity contribution in [2.45, 2.75) is 51.2 Å². The van der Waals surface area contributed by atoms with Crippen molar-refractivity contribution in [3.8, 4) is 0 Å². The largest absolute Gasteiger partial charge is 0.480 e. The summed E-state index contributed by atoms with van der Waals surface area (Å²) in [5.41, 5.74) is 5.37. The number of nitrogens with two attached hydrogens (primary N) is 1. The minimum Gasteiger partial charge on any atom is -0.480 e. The van der Waals surface area contributed by atoms with Crippen LogP contribution in [-0.2, 0) is 19.2 Å². The molecule has 26 heavy (non-hydrogen) atoms. The van der Waals surface area contributed by atoms with Gasteiger partial charge in [-0.2, -0.15) is 0 Å². The van der Waals surface area contributed by atoms with E-state index in [2.05, 4.69) is 10.6 Å². The van der Waals surface area contributed by atoms with Gasteiger partial charge < -0.3 is 31.5 Å². The number of aliphatic hydroxyl groups is 1. The molecule has 1 fully saturated rings. The van der Waals surface area contributed by atoms with Gasteiger partial charge in [0.1, 0.15) is 18.1 Å². The van der Waals surface area contributed by atoms with Gasteiger partial charge in [-0.3, -0.25) is 14.4 Å². The average Bonchev–Trinajstić information content (AvgIpc) is 3.11. The fourth-order valence-electron chi connectivity index (χ4n) is 2.85. The summed E-state index contributed by atoms with van der Waals surface area (Å²) in [4.78, 5) is 49.3. The molecule has 0 aromatic carbocycles. The molecule has 148 valence electrons. The SMILES string of the molecule is CCC(C)C(NC(=O)C1CCCN1C(=O)CN)C(=O)NC(CO)C(=O)O. The minimum absolute atomic E-state index is 0.199. The second-order valence-corrected chi connectivity index (χ2v) is 6.40. The van der Waals surface area contributed by atoms with Gasteiger partial charge >= 0.3 is 5.97 Å². The maximum atomic E-state index is 12.6. The molecule has 10 heteroatoms. The van der Waals surface area contributed by atoms with Gasteiger partial charge in [-0.15, -0.1) is 0 Å². The first-order valence-electron chi connectivity index (χ1n) is 8.70. The predicted octanol–water partition coefficient (Wildman–Crippen LogP) is -1.97. The Balaban J connectivity index is 2.86. The number of carboxylic acid groups (broad SMARTS) is 1. The van der Waals surface area contributed by atoms with Gasteiger partial charge in [0.15, 0.2) is 0 Å². The summed E-state index contributed by atoms with van der Waals surface area (Å²) in [6.45, 7) is 3.05. The molecule has 1 heterocycles. The van der Waals surface area contributed by atoms with Crippen LogP contribution in [0.15, 0.2) is 0 Å². The number of rotatable bonds is 9. The van der Waals surface area contributed by atoms with Gasteiger partial charge in [0.2, 0.25) is 17.7 Å². The average molecular weight is 372 g/mol. The molecule has 0 aliphatic carbocycles. The number of likely N-dealkylation sites (tertiary alicyclic amines) is 1. The zero-order valence-electron chi connectivity index (χ0n) is 15.1. The third-order valence-electron chi connectivity index (χ3n) is 4.64.